The largest absolute Gasteiger partial charge is 0.315 e. The second kappa shape index (κ2) is 7.87. The van der Waals surface area contributed by atoms with Crippen LogP contribution in [-0.2, 0) is 6.54 Å². The molecule has 4 heterocycles. The van der Waals surface area contributed by atoms with E-state index >= 15 is 0 Å². The maximum Gasteiger partial charge on any atom is 0.177 e. The summed E-state index contributed by atoms with van der Waals surface area (Å²) in [6.07, 6.45) is 7.71. The number of fused-ring (bicyclic) bond motifs is 2. The quantitative estimate of drug-likeness (QED) is 0.310. The number of nitrogens with zero attached hydrogens (tertiary/aromatic N) is 5. The van der Waals surface area contributed by atoms with Crippen molar-refractivity contribution in [3.8, 4) is 12.1 Å². The molecule has 0 saturated carbocycles. The molecule has 4 aromatic heterocycles. The van der Waals surface area contributed by atoms with Crippen molar-refractivity contribution in [2.75, 3.05) is 0 Å². The van der Waals surface area contributed by atoms with Crippen molar-refractivity contribution < 1.29 is 4.57 Å². The van der Waals surface area contributed by atoms with Crippen molar-refractivity contribution in [2.45, 2.75) is 6.54 Å². The van der Waals surface area contributed by atoms with E-state index in [0.29, 0.717) is 22.7 Å². The van der Waals surface area contributed by atoms with Gasteiger partial charge in [0.15, 0.2) is 18.9 Å². The summed E-state index contributed by atoms with van der Waals surface area (Å²) in [6.45, 7) is 0.524. The number of rotatable bonds is 4. The first-order chi connectivity index (χ1) is 15.3. The lowest BCUT2D eigenvalue weighted by Crippen LogP contribution is -2.33. The first kappa shape index (κ1) is 18.7. The monoisotopic (exact) mass is 418 g/mol. The minimum absolute atomic E-state index is 0.480. The highest BCUT2D eigenvalue weighted by molar-refractivity contribution is 7.19. The van der Waals surface area contributed by atoms with Gasteiger partial charge in [-0.15, -0.1) is 11.3 Å². The number of pyridine rings is 2. The Bertz CT molecular complexity index is 1490. The predicted octanol–water partition coefficient (Wildman–Crippen LogP) is 4.82. The van der Waals surface area contributed by atoms with Gasteiger partial charge < -0.3 is 4.40 Å². The molecule has 5 nitrogen and oxygen atoms in total. The molecule has 0 unspecified atom stereocenters. The Morgan fingerprint density at radius 3 is 2.61 bits per heavy atom. The van der Waals surface area contributed by atoms with Gasteiger partial charge in [-0.25, -0.2) is 9.55 Å². The summed E-state index contributed by atoms with van der Waals surface area (Å²) in [5, 5.41) is 20.6. The van der Waals surface area contributed by atoms with Crippen LogP contribution < -0.4 is 4.57 Å². The SMILES string of the molecule is N#CC(=Cc1c(C[n+]2ccccc2)c(C#N)c2ccccn12)c1nc2ccccc2s1. The van der Waals surface area contributed by atoms with Gasteiger partial charge in [-0.05, 0) is 30.3 Å². The summed E-state index contributed by atoms with van der Waals surface area (Å²) >= 11 is 1.50. The highest BCUT2D eigenvalue weighted by Gasteiger charge is 2.21. The molecule has 0 N–H and O–H groups in total. The van der Waals surface area contributed by atoms with Crippen LogP contribution in [0.1, 0.15) is 21.8 Å². The first-order valence-corrected chi connectivity index (χ1v) is 10.5. The third-order valence-corrected chi connectivity index (χ3v) is 6.21. The summed E-state index contributed by atoms with van der Waals surface area (Å²) in [5.74, 6) is 0. The molecule has 0 amide bonds. The Kier molecular flexibility index (Phi) is 4.76. The molecule has 0 saturated heterocycles. The molecule has 5 aromatic rings. The molecule has 0 fully saturated rings. The standard InChI is InChI=1S/C25H16N5S/c26-15-18(25-28-21-8-2-3-10-24(21)31-25)14-23-20(17-29-11-5-1-6-12-29)19(16-27)22-9-4-7-13-30(22)23/h1-14H,17H2/q+1. The Labute approximate surface area is 183 Å². The van der Waals surface area contributed by atoms with Crippen molar-refractivity contribution in [1.29, 1.82) is 10.5 Å². The highest BCUT2D eigenvalue weighted by Crippen LogP contribution is 2.31. The van der Waals surface area contributed by atoms with Crippen LogP contribution in [-0.4, -0.2) is 9.38 Å². The van der Waals surface area contributed by atoms with E-state index in [1.54, 1.807) is 0 Å². The molecular formula is C25H16N5S+. The highest BCUT2D eigenvalue weighted by atomic mass is 32.1. The van der Waals surface area contributed by atoms with Gasteiger partial charge in [0, 0.05) is 18.3 Å². The lowest BCUT2D eigenvalue weighted by atomic mass is 10.1. The van der Waals surface area contributed by atoms with Crippen LogP contribution in [0.25, 0.3) is 27.4 Å². The maximum absolute atomic E-state index is 9.95. The number of aromatic nitrogens is 3. The summed E-state index contributed by atoms with van der Waals surface area (Å²) in [7, 11) is 0. The number of hydrogen-bond acceptors (Lipinski definition) is 4. The minimum Gasteiger partial charge on any atom is -0.315 e. The van der Waals surface area contributed by atoms with Crippen molar-refractivity contribution in [3.63, 3.8) is 0 Å². The molecule has 0 spiro atoms. The number of hydrogen-bond donors (Lipinski definition) is 0. The second-order valence-corrected chi connectivity index (χ2v) is 8.04. The van der Waals surface area contributed by atoms with E-state index < -0.39 is 0 Å². The van der Waals surface area contributed by atoms with Gasteiger partial charge >= 0.3 is 0 Å². The molecule has 0 bridgehead atoms. The fourth-order valence-corrected chi connectivity index (χ4v) is 4.65. The van der Waals surface area contributed by atoms with Crippen molar-refractivity contribution in [3.05, 3.63) is 101 Å². The molecule has 1 aromatic carbocycles. The Morgan fingerprint density at radius 1 is 1.03 bits per heavy atom. The van der Waals surface area contributed by atoms with E-state index in [-0.39, 0.29) is 0 Å². The Morgan fingerprint density at radius 2 is 1.84 bits per heavy atom. The number of thiazole rings is 1. The van der Waals surface area contributed by atoms with E-state index in [0.717, 1.165) is 27.0 Å². The zero-order valence-corrected chi connectivity index (χ0v) is 17.3. The number of benzene rings is 1. The lowest BCUT2D eigenvalue weighted by molar-refractivity contribution is -0.688. The lowest BCUT2D eigenvalue weighted by Gasteiger charge is -2.02. The van der Waals surface area contributed by atoms with Crippen molar-refractivity contribution in [1.82, 2.24) is 9.38 Å². The molecule has 146 valence electrons. The van der Waals surface area contributed by atoms with Crippen LogP contribution in [0.4, 0.5) is 0 Å². The summed E-state index contributed by atoms with van der Waals surface area (Å²) in [6, 6.07) is 24.2. The molecule has 0 aliphatic carbocycles. The third-order valence-electron chi connectivity index (χ3n) is 5.14. The van der Waals surface area contributed by atoms with Crippen LogP contribution in [0, 0.1) is 22.7 Å². The van der Waals surface area contributed by atoms with E-state index in [1.807, 2.05) is 94.3 Å². The van der Waals surface area contributed by atoms with Gasteiger partial charge in [0.25, 0.3) is 0 Å². The summed E-state index contributed by atoms with van der Waals surface area (Å²) < 4.78 is 5.04. The number of nitriles is 2. The molecule has 0 radical (unpaired) electrons. The van der Waals surface area contributed by atoms with Crippen molar-refractivity contribution >= 4 is 38.7 Å². The Hall–Kier alpha value is -4.26. The summed E-state index contributed by atoms with van der Waals surface area (Å²) in [5.41, 5.74) is 4.49. The van der Waals surface area contributed by atoms with Gasteiger partial charge in [0.1, 0.15) is 17.1 Å². The summed E-state index contributed by atoms with van der Waals surface area (Å²) in [4.78, 5) is 4.65. The van der Waals surface area contributed by atoms with E-state index in [9.17, 15) is 10.5 Å². The molecule has 5 rings (SSSR count). The van der Waals surface area contributed by atoms with Gasteiger partial charge in [0.05, 0.1) is 38.1 Å². The van der Waals surface area contributed by atoms with Gasteiger partial charge in [-0.2, -0.15) is 10.5 Å². The third kappa shape index (κ3) is 3.36. The smallest absolute Gasteiger partial charge is 0.177 e. The average molecular weight is 419 g/mol. The van der Waals surface area contributed by atoms with Crippen LogP contribution in [0.5, 0.6) is 0 Å². The normalized spacial score (nSPS) is 11.5. The van der Waals surface area contributed by atoms with E-state index in [4.69, 9.17) is 0 Å². The molecule has 0 atom stereocenters. The topological polar surface area (TPSA) is 68.8 Å². The fraction of sp³-hybridized carbons (Fsp3) is 0.0400. The van der Waals surface area contributed by atoms with Crippen LogP contribution in [0.3, 0.4) is 0 Å². The van der Waals surface area contributed by atoms with Crippen LogP contribution >= 0.6 is 11.3 Å². The van der Waals surface area contributed by atoms with Crippen molar-refractivity contribution in [2.24, 2.45) is 0 Å². The molecule has 6 heteroatoms. The van der Waals surface area contributed by atoms with E-state index in [1.165, 1.54) is 11.3 Å². The van der Waals surface area contributed by atoms with Gasteiger partial charge in [-0.3, -0.25) is 0 Å². The van der Waals surface area contributed by atoms with E-state index in [2.05, 4.69) is 17.1 Å². The first-order valence-electron chi connectivity index (χ1n) is 9.72. The van der Waals surface area contributed by atoms with Crippen LogP contribution in [0.15, 0.2) is 79.3 Å². The molecule has 31 heavy (non-hydrogen) atoms. The molecule has 0 aliphatic rings. The molecular weight excluding hydrogens is 402 g/mol. The fourth-order valence-electron chi connectivity index (χ4n) is 3.71. The Balaban J connectivity index is 1.73. The van der Waals surface area contributed by atoms with Gasteiger partial charge in [0.2, 0.25) is 0 Å². The zero-order chi connectivity index (χ0) is 21.2. The predicted molar refractivity (Wildman–Crippen MR) is 121 cm³/mol. The zero-order valence-electron chi connectivity index (χ0n) is 16.4. The molecule has 0 aliphatic heterocycles. The second-order valence-electron chi connectivity index (χ2n) is 7.01. The van der Waals surface area contributed by atoms with Crippen LogP contribution in [0.2, 0.25) is 0 Å². The minimum atomic E-state index is 0.480. The van der Waals surface area contributed by atoms with Gasteiger partial charge in [-0.1, -0.05) is 24.3 Å². The number of para-hydroxylation sites is 1. The number of allylic oxidation sites excluding steroid dienone is 1. The average Bonchev–Trinajstić information content (AvgIpc) is 3.37. The maximum atomic E-state index is 9.95.